The van der Waals surface area contributed by atoms with Crippen LogP contribution in [-0.4, -0.2) is 35.1 Å². The second kappa shape index (κ2) is 16.0. The molecule has 0 bridgehead atoms. The lowest BCUT2D eigenvalue weighted by Gasteiger charge is -2.28. The van der Waals surface area contributed by atoms with E-state index in [1.54, 1.807) is 0 Å². The highest BCUT2D eigenvalue weighted by Crippen LogP contribution is 2.40. The first-order valence-electron chi connectivity index (χ1n) is 17.0. The second-order valence-electron chi connectivity index (χ2n) is 16.1. The molecule has 0 radical (unpaired) electrons. The number of benzene rings is 2. The van der Waals surface area contributed by atoms with Gasteiger partial charge in [0.05, 0.1) is 0 Å². The molecular formula is C39H62N2O4. The van der Waals surface area contributed by atoms with Crippen molar-refractivity contribution < 1.29 is 19.8 Å². The minimum Gasteiger partial charge on any atom is -0.507 e. The van der Waals surface area contributed by atoms with E-state index in [2.05, 4.69) is 98.9 Å². The van der Waals surface area contributed by atoms with Crippen molar-refractivity contribution in [2.75, 3.05) is 13.1 Å². The molecule has 2 aromatic carbocycles. The van der Waals surface area contributed by atoms with Gasteiger partial charge >= 0.3 is 0 Å². The van der Waals surface area contributed by atoms with Gasteiger partial charge in [-0.3, -0.25) is 9.59 Å². The number of phenolic OH excluding ortho intramolecular Hbond substituents is 2. The van der Waals surface area contributed by atoms with Gasteiger partial charge in [0.1, 0.15) is 11.5 Å². The summed E-state index contributed by atoms with van der Waals surface area (Å²) in [5.74, 6) is 1.06. The molecule has 0 aromatic heterocycles. The van der Waals surface area contributed by atoms with Gasteiger partial charge in [0.2, 0.25) is 11.8 Å². The van der Waals surface area contributed by atoms with Crippen molar-refractivity contribution in [2.45, 2.75) is 150 Å². The lowest BCUT2D eigenvalue weighted by Crippen LogP contribution is -2.25. The van der Waals surface area contributed by atoms with Gasteiger partial charge in [0.15, 0.2) is 0 Å². The quantitative estimate of drug-likeness (QED) is 0.159. The minimum atomic E-state index is -0.187. The Labute approximate surface area is 273 Å². The van der Waals surface area contributed by atoms with Crippen molar-refractivity contribution in [3.05, 3.63) is 57.6 Å². The van der Waals surface area contributed by atoms with Gasteiger partial charge in [0.25, 0.3) is 0 Å². The second-order valence-corrected chi connectivity index (χ2v) is 16.1. The van der Waals surface area contributed by atoms with E-state index in [0.29, 0.717) is 50.3 Å². The third kappa shape index (κ3) is 12.0. The van der Waals surface area contributed by atoms with Crippen molar-refractivity contribution in [1.82, 2.24) is 10.6 Å². The van der Waals surface area contributed by atoms with Crippen LogP contribution in [0, 0.1) is 0 Å². The maximum absolute atomic E-state index is 12.5. The van der Waals surface area contributed by atoms with Crippen molar-refractivity contribution >= 4 is 11.8 Å². The van der Waals surface area contributed by atoms with Crippen LogP contribution in [0.2, 0.25) is 0 Å². The van der Waals surface area contributed by atoms with Crippen LogP contribution in [0.25, 0.3) is 0 Å². The molecule has 0 aliphatic heterocycles. The predicted molar refractivity (Wildman–Crippen MR) is 188 cm³/mol. The standard InChI is InChI=1S/C39H62N2O4/c1-26(2)29-22-27(23-30(35(29)44)37(3,4)5)16-18-33(42)40-20-14-12-13-15-21-41-34(43)19-17-28-24-31(38(6,7)8)36(45)32(25-28)39(9,10)11/h22-26,44-45H,12-21H2,1-11H3,(H,40,42)(H,41,43). The third-order valence-corrected chi connectivity index (χ3v) is 8.44. The topological polar surface area (TPSA) is 98.7 Å². The lowest BCUT2D eigenvalue weighted by molar-refractivity contribution is -0.121. The molecular weight excluding hydrogens is 560 g/mol. The first-order valence-corrected chi connectivity index (χ1v) is 17.0. The molecule has 0 aliphatic carbocycles. The Hall–Kier alpha value is -3.02. The highest BCUT2D eigenvalue weighted by atomic mass is 16.3. The Bertz CT molecular complexity index is 1250. The first-order chi connectivity index (χ1) is 20.7. The van der Waals surface area contributed by atoms with E-state index in [4.69, 9.17) is 0 Å². The average Bonchev–Trinajstić information content (AvgIpc) is 2.91. The summed E-state index contributed by atoms with van der Waals surface area (Å²) in [6, 6.07) is 8.19. The molecule has 2 amide bonds. The zero-order valence-corrected chi connectivity index (χ0v) is 30.2. The summed E-state index contributed by atoms with van der Waals surface area (Å²) in [5.41, 5.74) is 5.35. The summed E-state index contributed by atoms with van der Waals surface area (Å²) >= 11 is 0. The van der Waals surface area contributed by atoms with Crippen LogP contribution in [0.4, 0.5) is 0 Å². The molecule has 45 heavy (non-hydrogen) atoms. The largest absolute Gasteiger partial charge is 0.507 e. The average molecular weight is 623 g/mol. The van der Waals surface area contributed by atoms with Crippen LogP contribution in [-0.2, 0) is 38.7 Å². The van der Waals surface area contributed by atoms with E-state index >= 15 is 0 Å². The van der Waals surface area contributed by atoms with Crippen LogP contribution in [0.5, 0.6) is 11.5 Å². The molecule has 4 N–H and O–H groups in total. The summed E-state index contributed by atoms with van der Waals surface area (Å²) in [6.07, 6.45) is 5.96. The number of carbonyl (C=O) groups excluding carboxylic acids is 2. The van der Waals surface area contributed by atoms with Crippen LogP contribution >= 0.6 is 0 Å². The highest BCUT2D eigenvalue weighted by Gasteiger charge is 2.27. The zero-order valence-electron chi connectivity index (χ0n) is 30.2. The number of hydrogen-bond acceptors (Lipinski definition) is 4. The molecule has 0 fully saturated rings. The summed E-state index contributed by atoms with van der Waals surface area (Å²) in [5, 5.41) is 27.8. The van der Waals surface area contributed by atoms with E-state index in [9.17, 15) is 19.8 Å². The van der Waals surface area contributed by atoms with E-state index in [0.717, 1.165) is 59.1 Å². The SMILES string of the molecule is CC(C)c1cc(CCC(=O)NCCCCCCNC(=O)CCc2cc(C(C)(C)C)c(O)c(C(C)(C)C)c2)cc(C(C)(C)C)c1O. The van der Waals surface area contributed by atoms with Crippen molar-refractivity contribution in [3.8, 4) is 11.5 Å². The summed E-state index contributed by atoms with van der Waals surface area (Å²) in [7, 11) is 0. The monoisotopic (exact) mass is 622 g/mol. The highest BCUT2D eigenvalue weighted by molar-refractivity contribution is 5.76. The molecule has 0 heterocycles. The van der Waals surface area contributed by atoms with Gasteiger partial charge in [-0.25, -0.2) is 0 Å². The molecule has 0 saturated carbocycles. The van der Waals surface area contributed by atoms with Gasteiger partial charge in [-0.15, -0.1) is 0 Å². The maximum Gasteiger partial charge on any atom is 0.220 e. The number of aromatic hydroxyl groups is 2. The molecule has 0 atom stereocenters. The first kappa shape index (κ1) is 38.2. The molecule has 0 unspecified atom stereocenters. The molecule has 2 aromatic rings. The van der Waals surface area contributed by atoms with Crippen molar-refractivity contribution in [3.63, 3.8) is 0 Å². The van der Waals surface area contributed by atoms with Crippen LogP contribution in [0.3, 0.4) is 0 Å². The summed E-state index contributed by atoms with van der Waals surface area (Å²) in [6.45, 7) is 24.4. The Morgan fingerprint density at radius 3 is 1.31 bits per heavy atom. The summed E-state index contributed by atoms with van der Waals surface area (Å²) < 4.78 is 0. The molecule has 2 rings (SSSR count). The Balaban J connectivity index is 1.69. The fraction of sp³-hybridized carbons (Fsp3) is 0.641. The molecule has 6 heteroatoms. The molecule has 0 saturated heterocycles. The van der Waals surface area contributed by atoms with Gasteiger partial charge < -0.3 is 20.8 Å². The third-order valence-electron chi connectivity index (χ3n) is 8.44. The zero-order chi connectivity index (χ0) is 34.2. The van der Waals surface area contributed by atoms with Crippen molar-refractivity contribution in [2.24, 2.45) is 0 Å². The number of rotatable bonds is 14. The van der Waals surface area contributed by atoms with E-state index in [1.807, 2.05) is 12.1 Å². The molecule has 0 spiro atoms. The number of nitrogens with one attached hydrogen (secondary N) is 2. The number of aryl methyl sites for hydroxylation is 2. The fourth-order valence-electron chi connectivity index (χ4n) is 5.61. The van der Waals surface area contributed by atoms with E-state index in [-0.39, 0.29) is 34.0 Å². The summed E-state index contributed by atoms with van der Waals surface area (Å²) in [4.78, 5) is 25.0. The van der Waals surface area contributed by atoms with Gasteiger partial charge in [-0.1, -0.05) is 113 Å². The van der Waals surface area contributed by atoms with Crippen LogP contribution in [0.1, 0.15) is 154 Å². The van der Waals surface area contributed by atoms with E-state index in [1.165, 1.54) is 0 Å². The van der Waals surface area contributed by atoms with Crippen LogP contribution in [0.15, 0.2) is 24.3 Å². The number of amides is 2. The normalized spacial score (nSPS) is 12.4. The number of hydrogen-bond donors (Lipinski definition) is 4. The number of unbranched alkanes of at least 4 members (excludes halogenated alkanes) is 3. The van der Waals surface area contributed by atoms with Crippen molar-refractivity contribution in [1.29, 1.82) is 0 Å². The minimum absolute atomic E-state index is 0.0497. The lowest BCUT2D eigenvalue weighted by atomic mass is 9.78. The number of carbonyl (C=O) groups is 2. The predicted octanol–water partition coefficient (Wildman–Crippen LogP) is 8.47. The van der Waals surface area contributed by atoms with Crippen LogP contribution < -0.4 is 10.6 Å². The Morgan fingerprint density at radius 1 is 0.600 bits per heavy atom. The molecule has 6 nitrogen and oxygen atoms in total. The Morgan fingerprint density at radius 2 is 0.956 bits per heavy atom. The molecule has 0 aliphatic rings. The number of phenols is 2. The maximum atomic E-state index is 12.5. The smallest absolute Gasteiger partial charge is 0.220 e. The van der Waals surface area contributed by atoms with Gasteiger partial charge in [-0.2, -0.15) is 0 Å². The molecule has 252 valence electrons. The van der Waals surface area contributed by atoms with E-state index < -0.39 is 0 Å². The van der Waals surface area contributed by atoms with Gasteiger partial charge in [-0.05, 0) is 81.2 Å². The van der Waals surface area contributed by atoms with Gasteiger partial charge in [0, 0.05) is 25.9 Å². The fourth-order valence-corrected chi connectivity index (χ4v) is 5.61. The Kier molecular flexibility index (Phi) is 13.6.